The van der Waals surface area contributed by atoms with Crippen LogP contribution < -0.4 is 4.74 Å². The van der Waals surface area contributed by atoms with Gasteiger partial charge in [0, 0.05) is 11.1 Å². The molecule has 0 spiro atoms. The Balaban J connectivity index is 2.55. The molecule has 2 aromatic carbocycles. The highest BCUT2D eigenvalue weighted by atomic mass is 16.5. The van der Waals surface area contributed by atoms with Gasteiger partial charge in [-0.3, -0.25) is 0 Å². The lowest BCUT2D eigenvalue weighted by Crippen LogP contribution is -1.86. The minimum Gasteiger partial charge on any atom is -0.507 e. The van der Waals surface area contributed by atoms with E-state index < -0.39 is 0 Å². The summed E-state index contributed by atoms with van der Waals surface area (Å²) in [6.07, 6.45) is 1.37. The summed E-state index contributed by atoms with van der Waals surface area (Å²) >= 11 is 0. The zero-order valence-corrected chi connectivity index (χ0v) is 8.76. The van der Waals surface area contributed by atoms with E-state index in [2.05, 4.69) is 6.58 Å². The lowest BCUT2D eigenvalue weighted by Gasteiger charge is -2.09. The van der Waals surface area contributed by atoms with E-state index in [1.807, 2.05) is 36.4 Å². The summed E-state index contributed by atoms with van der Waals surface area (Å²) < 4.78 is 5.30. The maximum Gasteiger partial charge on any atom is 0.134 e. The van der Waals surface area contributed by atoms with E-state index >= 15 is 0 Å². The molecule has 1 N–H and O–H groups in total. The first kappa shape index (κ1) is 10.3. The van der Waals surface area contributed by atoms with Crippen LogP contribution in [0.4, 0.5) is 0 Å². The molecule has 2 aromatic rings. The van der Waals surface area contributed by atoms with Crippen LogP contribution in [0.3, 0.4) is 0 Å². The van der Waals surface area contributed by atoms with Gasteiger partial charge in [0.15, 0.2) is 0 Å². The SMILES string of the molecule is C=COc1ccccc1-c1ccccc1O. The first-order chi connectivity index (χ1) is 7.83. The average molecular weight is 212 g/mol. The Hall–Kier alpha value is -2.22. The van der Waals surface area contributed by atoms with Gasteiger partial charge in [-0.1, -0.05) is 43.0 Å². The molecule has 2 nitrogen and oxygen atoms in total. The van der Waals surface area contributed by atoms with Gasteiger partial charge in [0.05, 0.1) is 6.26 Å². The molecule has 0 bridgehead atoms. The smallest absolute Gasteiger partial charge is 0.134 e. The molecule has 0 saturated carbocycles. The van der Waals surface area contributed by atoms with Crippen LogP contribution in [0.2, 0.25) is 0 Å². The Morgan fingerprint density at radius 3 is 2.25 bits per heavy atom. The highest BCUT2D eigenvalue weighted by molar-refractivity contribution is 5.75. The standard InChI is InChI=1S/C14H12O2/c1-2-16-14-10-6-4-8-12(14)11-7-3-5-9-13(11)15/h2-10,15H,1H2. The quantitative estimate of drug-likeness (QED) is 0.788. The Morgan fingerprint density at radius 1 is 0.938 bits per heavy atom. The summed E-state index contributed by atoms with van der Waals surface area (Å²) in [6.45, 7) is 3.53. The number of rotatable bonds is 3. The molecule has 0 unspecified atom stereocenters. The number of benzene rings is 2. The molecule has 0 amide bonds. The van der Waals surface area contributed by atoms with Gasteiger partial charge >= 0.3 is 0 Å². The van der Waals surface area contributed by atoms with Crippen molar-refractivity contribution in [2.45, 2.75) is 0 Å². The van der Waals surface area contributed by atoms with Crippen molar-refractivity contribution in [2.24, 2.45) is 0 Å². The van der Waals surface area contributed by atoms with Gasteiger partial charge < -0.3 is 9.84 Å². The summed E-state index contributed by atoms with van der Waals surface area (Å²) in [7, 11) is 0. The van der Waals surface area contributed by atoms with Gasteiger partial charge in [0.25, 0.3) is 0 Å². The topological polar surface area (TPSA) is 29.5 Å². The highest BCUT2D eigenvalue weighted by Gasteiger charge is 2.08. The summed E-state index contributed by atoms with van der Waals surface area (Å²) in [5, 5.41) is 9.78. The zero-order valence-electron chi connectivity index (χ0n) is 8.76. The van der Waals surface area contributed by atoms with Gasteiger partial charge in [-0.05, 0) is 12.1 Å². The Kier molecular flexibility index (Phi) is 2.92. The van der Waals surface area contributed by atoms with E-state index in [-0.39, 0.29) is 5.75 Å². The number of phenols is 1. The lowest BCUT2D eigenvalue weighted by atomic mass is 10.0. The molecule has 0 aliphatic carbocycles. The van der Waals surface area contributed by atoms with Crippen LogP contribution in [0, 0.1) is 0 Å². The van der Waals surface area contributed by atoms with Gasteiger partial charge in [0.2, 0.25) is 0 Å². The van der Waals surface area contributed by atoms with Gasteiger partial charge in [-0.15, -0.1) is 0 Å². The second kappa shape index (κ2) is 4.53. The van der Waals surface area contributed by atoms with Crippen molar-refractivity contribution < 1.29 is 9.84 Å². The van der Waals surface area contributed by atoms with Crippen LogP contribution in [0.25, 0.3) is 11.1 Å². The molecule has 2 rings (SSSR count). The molecule has 2 heteroatoms. The van der Waals surface area contributed by atoms with Crippen molar-refractivity contribution in [3.63, 3.8) is 0 Å². The monoisotopic (exact) mass is 212 g/mol. The predicted molar refractivity (Wildman–Crippen MR) is 64.4 cm³/mol. The number of phenolic OH excluding ortho intramolecular Hbond substituents is 1. The molecule has 0 saturated heterocycles. The molecule has 0 aliphatic rings. The molecule has 0 radical (unpaired) electrons. The first-order valence-corrected chi connectivity index (χ1v) is 4.98. The third kappa shape index (κ3) is 1.91. The fraction of sp³-hybridized carbons (Fsp3) is 0. The zero-order chi connectivity index (χ0) is 11.4. The van der Waals surface area contributed by atoms with Gasteiger partial charge in [0.1, 0.15) is 11.5 Å². The minimum absolute atomic E-state index is 0.239. The summed E-state index contributed by atoms with van der Waals surface area (Å²) in [4.78, 5) is 0. The van der Waals surface area contributed by atoms with Crippen molar-refractivity contribution in [3.8, 4) is 22.6 Å². The number of hydrogen-bond donors (Lipinski definition) is 1. The van der Waals surface area contributed by atoms with Crippen molar-refractivity contribution in [3.05, 3.63) is 61.4 Å². The maximum atomic E-state index is 9.78. The Bertz CT molecular complexity index is 504. The van der Waals surface area contributed by atoms with Crippen LogP contribution in [0.15, 0.2) is 61.4 Å². The van der Waals surface area contributed by atoms with E-state index in [9.17, 15) is 5.11 Å². The fourth-order valence-electron chi connectivity index (χ4n) is 1.58. The van der Waals surface area contributed by atoms with E-state index in [0.29, 0.717) is 5.75 Å². The van der Waals surface area contributed by atoms with E-state index in [4.69, 9.17) is 4.74 Å². The van der Waals surface area contributed by atoms with Crippen molar-refractivity contribution in [1.29, 1.82) is 0 Å². The number of para-hydroxylation sites is 2. The summed E-state index contributed by atoms with van der Waals surface area (Å²) in [5.74, 6) is 0.918. The van der Waals surface area contributed by atoms with E-state index in [1.54, 1.807) is 12.1 Å². The molecule has 0 aromatic heterocycles. The van der Waals surface area contributed by atoms with Crippen LogP contribution in [-0.2, 0) is 0 Å². The second-order valence-corrected chi connectivity index (χ2v) is 3.30. The largest absolute Gasteiger partial charge is 0.507 e. The number of hydrogen-bond acceptors (Lipinski definition) is 2. The number of aromatic hydroxyl groups is 1. The molecule has 0 heterocycles. The third-order valence-corrected chi connectivity index (χ3v) is 2.29. The van der Waals surface area contributed by atoms with Gasteiger partial charge in [-0.25, -0.2) is 0 Å². The molecular formula is C14H12O2. The first-order valence-electron chi connectivity index (χ1n) is 4.98. The predicted octanol–water partition coefficient (Wildman–Crippen LogP) is 3.58. The van der Waals surface area contributed by atoms with Crippen LogP contribution in [0.5, 0.6) is 11.5 Å². The molecule has 0 atom stereocenters. The summed E-state index contributed by atoms with van der Waals surface area (Å²) in [6, 6.07) is 14.7. The molecule has 16 heavy (non-hydrogen) atoms. The Morgan fingerprint density at radius 2 is 1.56 bits per heavy atom. The normalized spacial score (nSPS) is 9.75. The summed E-state index contributed by atoms with van der Waals surface area (Å²) in [5.41, 5.74) is 1.60. The fourth-order valence-corrected chi connectivity index (χ4v) is 1.58. The average Bonchev–Trinajstić information content (AvgIpc) is 2.31. The maximum absolute atomic E-state index is 9.78. The Labute approximate surface area is 94.4 Å². The van der Waals surface area contributed by atoms with Crippen LogP contribution in [-0.4, -0.2) is 5.11 Å². The lowest BCUT2D eigenvalue weighted by molar-refractivity contribution is 0.472. The van der Waals surface area contributed by atoms with Crippen molar-refractivity contribution in [2.75, 3.05) is 0 Å². The van der Waals surface area contributed by atoms with E-state index in [1.165, 1.54) is 6.26 Å². The second-order valence-electron chi connectivity index (χ2n) is 3.30. The highest BCUT2D eigenvalue weighted by Crippen LogP contribution is 2.35. The number of ether oxygens (including phenoxy) is 1. The van der Waals surface area contributed by atoms with Gasteiger partial charge in [-0.2, -0.15) is 0 Å². The van der Waals surface area contributed by atoms with Crippen LogP contribution >= 0.6 is 0 Å². The molecular weight excluding hydrogens is 200 g/mol. The molecule has 80 valence electrons. The van der Waals surface area contributed by atoms with Crippen LogP contribution in [0.1, 0.15) is 0 Å². The van der Waals surface area contributed by atoms with Crippen molar-refractivity contribution in [1.82, 2.24) is 0 Å². The van der Waals surface area contributed by atoms with E-state index in [0.717, 1.165) is 11.1 Å². The minimum atomic E-state index is 0.239. The molecule has 0 fully saturated rings. The van der Waals surface area contributed by atoms with Crippen molar-refractivity contribution >= 4 is 0 Å². The molecule has 0 aliphatic heterocycles. The third-order valence-electron chi connectivity index (χ3n) is 2.29.